The minimum atomic E-state index is -1.00. The Bertz CT molecular complexity index is 1050. The Balaban J connectivity index is 2.09. The zero-order valence-electron chi connectivity index (χ0n) is 24.1. The van der Waals surface area contributed by atoms with Gasteiger partial charge in [-0.25, -0.2) is 9.78 Å². The second-order valence-corrected chi connectivity index (χ2v) is 11.9. The van der Waals surface area contributed by atoms with E-state index in [1.165, 1.54) is 11.3 Å². The first-order valence-electron chi connectivity index (χ1n) is 13.9. The zero-order chi connectivity index (χ0) is 29.9. The molecule has 4 amide bonds. The van der Waals surface area contributed by atoms with E-state index in [2.05, 4.69) is 20.9 Å². The SMILES string of the molecule is CCCN(C(=O)OC(C)(C)C)[C@H]1CCc2nc(NC(=O)[C@H](CCC(=O)NCC)NC(=O)CCCC(=O)O)sc2C1. The van der Waals surface area contributed by atoms with Gasteiger partial charge in [-0.3, -0.25) is 19.2 Å². The minimum Gasteiger partial charge on any atom is -0.481 e. The Morgan fingerprint density at radius 2 is 1.85 bits per heavy atom. The van der Waals surface area contributed by atoms with Gasteiger partial charge in [-0.1, -0.05) is 6.92 Å². The van der Waals surface area contributed by atoms with Crippen molar-refractivity contribution in [2.75, 3.05) is 18.4 Å². The quantitative estimate of drug-likeness (QED) is 0.260. The number of amides is 4. The van der Waals surface area contributed by atoms with E-state index in [1.807, 2.05) is 27.7 Å². The van der Waals surface area contributed by atoms with Crippen molar-refractivity contribution in [2.45, 2.75) is 110 Å². The molecule has 0 bridgehead atoms. The van der Waals surface area contributed by atoms with Crippen LogP contribution in [0.3, 0.4) is 0 Å². The van der Waals surface area contributed by atoms with E-state index < -0.39 is 29.4 Å². The monoisotopic (exact) mass is 581 g/mol. The number of ether oxygens (including phenoxy) is 1. The van der Waals surface area contributed by atoms with Crippen molar-refractivity contribution in [3.8, 4) is 0 Å². The second-order valence-electron chi connectivity index (χ2n) is 10.8. The fourth-order valence-corrected chi connectivity index (χ4v) is 5.43. The van der Waals surface area contributed by atoms with Gasteiger partial charge in [0.15, 0.2) is 5.13 Å². The molecule has 0 unspecified atom stereocenters. The number of nitrogens with zero attached hydrogens (tertiary/aromatic N) is 2. The Morgan fingerprint density at radius 1 is 1.12 bits per heavy atom. The molecule has 0 aromatic carbocycles. The number of anilines is 1. The van der Waals surface area contributed by atoms with Gasteiger partial charge in [0, 0.05) is 49.7 Å². The lowest BCUT2D eigenvalue weighted by atomic mass is 9.96. The lowest BCUT2D eigenvalue weighted by Crippen LogP contribution is -2.46. The van der Waals surface area contributed by atoms with Crippen molar-refractivity contribution in [2.24, 2.45) is 0 Å². The van der Waals surface area contributed by atoms with Crippen LogP contribution in [-0.4, -0.2) is 75.5 Å². The van der Waals surface area contributed by atoms with Crippen LogP contribution in [0.15, 0.2) is 0 Å². The summed E-state index contributed by atoms with van der Waals surface area (Å²) in [6, 6.07) is -1.03. The largest absolute Gasteiger partial charge is 0.481 e. The maximum Gasteiger partial charge on any atom is 0.410 e. The summed E-state index contributed by atoms with van der Waals surface area (Å²) in [6.07, 6.45) is 2.50. The number of aliphatic carboxylic acids is 1. The average Bonchev–Trinajstić information content (AvgIpc) is 3.25. The number of carboxylic acids is 1. The molecule has 1 aromatic heterocycles. The number of carbonyl (C=O) groups is 5. The fourth-order valence-electron chi connectivity index (χ4n) is 4.35. The molecular formula is C27H43N5O7S. The average molecular weight is 582 g/mol. The standard InChI is InChI=1S/C27H43N5O7S/c1-6-15-32(26(38)39-27(3,4)5)17-11-12-18-20(16-17)40-25(30-18)31-24(37)19(13-14-21(33)28-7-2)29-22(34)9-8-10-23(35)36/h17,19H,6-16H2,1-5H3,(H,28,33)(H,29,34)(H,35,36)(H,30,31,37)/t17-,19-/m0/s1. The van der Waals surface area contributed by atoms with Gasteiger partial charge in [0.2, 0.25) is 17.7 Å². The Morgan fingerprint density at radius 3 is 2.48 bits per heavy atom. The van der Waals surface area contributed by atoms with Crippen molar-refractivity contribution in [1.29, 1.82) is 0 Å². The van der Waals surface area contributed by atoms with Crippen LogP contribution >= 0.6 is 11.3 Å². The molecule has 224 valence electrons. The third-order valence-corrected chi connectivity index (χ3v) is 7.19. The van der Waals surface area contributed by atoms with Crippen molar-refractivity contribution < 1.29 is 33.8 Å². The molecule has 2 atom stereocenters. The molecule has 13 heteroatoms. The Hall–Kier alpha value is -3.22. The van der Waals surface area contributed by atoms with Crippen LogP contribution in [-0.2, 0) is 36.8 Å². The smallest absolute Gasteiger partial charge is 0.410 e. The number of nitrogens with one attached hydrogen (secondary N) is 3. The number of thiazole rings is 1. The van der Waals surface area contributed by atoms with Crippen LogP contribution in [0.4, 0.5) is 9.93 Å². The Labute approximate surface area is 239 Å². The van der Waals surface area contributed by atoms with E-state index in [0.717, 1.165) is 23.4 Å². The molecule has 0 aliphatic heterocycles. The van der Waals surface area contributed by atoms with E-state index >= 15 is 0 Å². The molecule has 0 saturated carbocycles. The van der Waals surface area contributed by atoms with Crippen molar-refractivity contribution >= 4 is 46.3 Å². The van der Waals surface area contributed by atoms with Gasteiger partial charge in [0.1, 0.15) is 11.6 Å². The number of hydrogen-bond donors (Lipinski definition) is 4. The number of carbonyl (C=O) groups excluding carboxylic acids is 4. The highest BCUT2D eigenvalue weighted by Crippen LogP contribution is 2.32. The van der Waals surface area contributed by atoms with Crippen molar-refractivity contribution in [3.63, 3.8) is 0 Å². The molecule has 0 spiro atoms. The van der Waals surface area contributed by atoms with Gasteiger partial charge in [-0.05, 0) is 59.8 Å². The molecule has 4 N–H and O–H groups in total. The van der Waals surface area contributed by atoms with Gasteiger partial charge < -0.3 is 30.7 Å². The highest BCUT2D eigenvalue weighted by Gasteiger charge is 2.32. The summed E-state index contributed by atoms with van der Waals surface area (Å²) < 4.78 is 5.63. The van der Waals surface area contributed by atoms with Gasteiger partial charge in [-0.2, -0.15) is 0 Å². The summed E-state index contributed by atoms with van der Waals surface area (Å²) in [5, 5.41) is 17.3. The first kappa shape index (κ1) is 33.0. The minimum absolute atomic E-state index is 0.0370. The fraction of sp³-hybridized carbons (Fsp3) is 0.704. The predicted octanol–water partition coefficient (Wildman–Crippen LogP) is 3.24. The number of hydrogen-bond acceptors (Lipinski definition) is 8. The number of aromatic nitrogens is 1. The number of rotatable bonds is 14. The lowest BCUT2D eigenvalue weighted by molar-refractivity contribution is -0.137. The summed E-state index contributed by atoms with van der Waals surface area (Å²) in [6.45, 7) is 10.4. The van der Waals surface area contributed by atoms with E-state index in [1.54, 1.807) is 11.8 Å². The van der Waals surface area contributed by atoms with Gasteiger partial charge in [0.25, 0.3) is 0 Å². The van der Waals surface area contributed by atoms with Crippen molar-refractivity contribution in [3.05, 3.63) is 10.6 Å². The van der Waals surface area contributed by atoms with Crippen LogP contribution in [0.5, 0.6) is 0 Å². The maximum atomic E-state index is 13.1. The molecular weight excluding hydrogens is 538 g/mol. The van der Waals surface area contributed by atoms with Crippen LogP contribution < -0.4 is 16.0 Å². The maximum absolute atomic E-state index is 13.1. The molecule has 1 aliphatic carbocycles. The molecule has 2 rings (SSSR count). The highest BCUT2D eigenvalue weighted by molar-refractivity contribution is 7.15. The van der Waals surface area contributed by atoms with E-state index in [0.29, 0.717) is 31.1 Å². The number of aryl methyl sites for hydroxylation is 1. The van der Waals surface area contributed by atoms with Gasteiger partial charge in [-0.15, -0.1) is 11.3 Å². The van der Waals surface area contributed by atoms with E-state index in [9.17, 15) is 24.0 Å². The molecule has 1 aromatic rings. The van der Waals surface area contributed by atoms with Gasteiger partial charge >= 0.3 is 12.1 Å². The number of carboxylic acid groups (broad SMARTS) is 1. The molecule has 12 nitrogen and oxygen atoms in total. The van der Waals surface area contributed by atoms with Crippen molar-refractivity contribution in [1.82, 2.24) is 20.5 Å². The first-order valence-corrected chi connectivity index (χ1v) is 14.7. The topological polar surface area (TPSA) is 167 Å². The summed E-state index contributed by atoms with van der Waals surface area (Å²) in [5.41, 5.74) is 0.276. The molecule has 1 heterocycles. The molecule has 1 aliphatic rings. The zero-order valence-corrected chi connectivity index (χ0v) is 24.9. The molecule has 0 saturated heterocycles. The first-order chi connectivity index (χ1) is 18.8. The summed E-state index contributed by atoms with van der Waals surface area (Å²) in [4.78, 5) is 68.5. The summed E-state index contributed by atoms with van der Waals surface area (Å²) in [5.74, 6) is -2.20. The van der Waals surface area contributed by atoms with E-state index in [4.69, 9.17) is 9.84 Å². The molecule has 40 heavy (non-hydrogen) atoms. The molecule has 0 fully saturated rings. The molecule has 0 radical (unpaired) electrons. The predicted molar refractivity (Wildman–Crippen MR) is 151 cm³/mol. The lowest BCUT2D eigenvalue weighted by Gasteiger charge is -2.35. The second kappa shape index (κ2) is 15.5. The van der Waals surface area contributed by atoms with E-state index in [-0.39, 0.29) is 50.1 Å². The Kier molecular flexibility index (Phi) is 12.8. The normalized spacial score (nSPS) is 15.4. The summed E-state index contributed by atoms with van der Waals surface area (Å²) in [7, 11) is 0. The highest BCUT2D eigenvalue weighted by atomic mass is 32.1. The number of fused-ring (bicyclic) bond motifs is 1. The van der Waals surface area contributed by atoms with Gasteiger partial charge in [0.05, 0.1) is 5.69 Å². The van der Waals surface area contributed by atoms with Crippen LogP contribution in [0, 0.1) is 0 Å². The van der Waals surface area contributed by atoms with Crippen LogP contribution in [0.2, 0.25) is 0 Å². The third kappa shape index (κ3) is 11.1. The summed E-state index contributed by atoms with van der Waals surface area (Å²) >= 11 is 1.33. The third-order valence-electron chi connectivity index (χ3n) is 6.16. The van der Waals surface area contributed by atoms with Crippen LogP contribution in [0.25, 0.3) is 0 Å². The van der Waals surface area contributed by atoms with Crippen LogP contribution in [0.1, 0.15) is 90.1 Å².